The van der Waals surface area contributed by atoms with Crippen LogP contribution in [0.2, 0.25) is 0 Å². The van der Waals surface area contributed by atoms with Crippen molar-refractivity contribution in [1.82, 2.24) is 19.2 Å². The predicted molar refractivity (Wildman–Crippen MR) is 154 cm³/mol. The Morgan fingerprint density at radius 2 is 1.82 bits per heavy atom. The number of fused-ring (bicyclic) bond motifs is 1. The molecule has 0 saturated carbocycles. The van der Waals surface area contributed by atoms with Crippen molar-refractivity contribution in [3.63, 3.8) is 0 Å². The molecule has 0 unspecified atom stereocenters. The summed E-state index contributed by atoms with van der Waals surface area (Å²) in [7, 11) is 5.26. The summed E-state index contributed by atoms with van der Waals surface area (Å²) in [5.41, 5.74) is 1.76. The molecule has 2 aliphatic rings. The number of likely N-dealkylation sites (N-methyl/N-ethyl adjacent to an activating group) is 1. The third-order valence-electron chi connectivity index (χ3n) is 6.77. The average Bonchev–Trinajstić information content (AvgIpc) is 3.20. The number of ether oxygens (including phenoxy) is 2. The van der Waals surface area contributed by atoms with Crippen LogP contribution < -0.4 is 19.9 Å². The van der Waals surface area contributed by atoms with Crippen LogP contribution in [-0.2, 0) is 11.2 Å². The molecule has 3 aromatic rings. The molecule has 11 heteroatoms. The van der Waals surface area contributed by atoms with Crippen molar-refractivity contribution < 1.29 is 14.3 Å². The number of piperazine rings is 1. The summed E-state index contributed by atoms with van der Waals surface area (Å²) in [6, 6.07) is 11.2. The number of anilines is 1. The van der Waals surface area contributed by atoms with E-state index >= 15 is 0 Å². The van der Waals surface area contributed by atoms with Crippen molar-refractivity contribution in [2.75, 3.05) is 58.9 Å². The van der Waals surface area contributed by atoms with Gasteiger partial charge in [0, 0.05) is 38.9 Å². The van der Waals surface area contributed by atoms with Crippen LogP contribution in [0.3, 0.4) is 0 Å². The number of carbonyl (C=O) groups is 1. The number of carbonyl (C=O) groups excluding carboxylic acids is 1. The first kappa shape index (κ1) is 26.2. The Hall–Kier alpha value is -3.41. The van der Waals surface area contributed by atoms with Crippen molar-refractivity contribution in [2.24, 2.45) is 0 Å². The highest BCUT2D eigenvalue weighted by Gasteiger charge is 2.33. The Bertz CT molecular complexity index is 1480. The van der Waals surface area contributed by atoms with Gasteiger partial charge in [-0.05, 0) is 49.4 Å². The molecule has 2 fully saturated rings. The largest absolute Gasteiger partial charge is 0.493 e. The van der Waals surface area contributed by atoms with Gasteiger partial charge in [-0.3, -0.25) is 18.9 Å². The molecule has 38 heavy (non-hydrogen) atoms. The van der Waals surface area contributed by atoms with Gasteiger partial charge in [-0.2, -0.15) is 0 Å². The Morgan fingerprint density at radius 1 is 1.05 bits per heavy atom. The molecule has 1 amide bonds. The number of hydrogen-bond acceptors (Lipinski definition) is 9. The summed E-state index contributed by atoms with van der Waals surface area (Å²) in [6.07, 6.45) is 3.95. The van der Waals surface area contributed by atoms with Crippen LogP contribution in [0.4, 0.5) is 5.82 Å². The van der Waals surface area contributed by atoms with Crippen LogP contribution in [-0.4, -0.2) is 83.4 Å². The Kier molecular flexibility index (Phi) is 7.68. The fraction of sp³-hybridized carbons (Fsp3) is 0.333. The topological polar surface area (TPSA) is 79.6 Å². The second-order valence-corrected chi connectivity index (χ2v) is 10.8. The zero-order chi connectivity index (χ0) is 26.8. The van der Waals surface area contributed by atoms with E-state index in [2.05, 4.69) is 16.8 Å². The smallest absolute Gasteiger partial charge is 0.267 e. The lowest BCUT2D eigenvalue weighted by molar-refractivity contribution is -0.122. The maximum atomic E-state index is 13.6. The molecule has 198 valence electrons. The summed E-state index contributed by atoms with van der Waals surface area (Å²) in [6.45, 7) is 3.65. The molecule has 1 aromatic carbocycles. The van der Waals surface area contributed by atoms with E-state index in [4.69, 9.17) is 26.7 Å². The molecule has 0 aliphatic carbocycles. The highest BCUT2D eigenvalue weighted by molar-refractivity contribution is 8.26. The molecule has 0 bridgehead atoms. The number of thioether (sulfide) groups is 1. The molecular formula is C27H29N5O4S2. The molecular weight excluding hydrogens is 522 g/mol. The number of nitrogens with zero attached hydrogens (tertiary/aromatic N) is 5. The lowest BCUT2D eigenvalue weighted by Crippen LogP contribution is -2.45. The lowest BCUT2D eigenvalue weighted by atomic mass is 10.1. The second-order valence-electron chi connectivity index (χ2n) is 9.15. The van der Waals surface area contributed by atoms with E-state index in [1.54, 1.807) is 37.5 Å². The predicted octanol–water partition coefficient (Wildman–Crippen LogP) is 2.91. The van der Waals surface area contributed by atoms with Gasteiger partial charge in [-0.25, -0.2) is 4.98 Å². The minimum Gasteiger partial charge on any atom is -0.493 e. The number of aromatic nitrogens is 2. The van der Waals surface area contributed by atoms with Crippen molar-refractivity contribution in [2.45, 2.75) is 6.42 Å². The number of hydrogen-bond donors (Lipinski definition) is 0. The first-order valence-corrected chi connectivity index (χ1v) is 13.5. The first-order chi connectivity index (χ1) is 18.4. The van der Waals surface area contributed by atoms with Crippen molar-refractivity contribution in [3.05, 3.63) is 69.0 Å². The number of pyridine rings is 1. The second kappa shape index (κ2) is 11.1. The van der Waals surface area contributed by atoms with Crippen molar-refractivity contribution in [1.29, 1.82) is 0 Å². The van der Waals surface area contributed by atoms with Gasteiger partial charge in [0.05, 0.1) is 24.7 Å². The zero-order valence-electron chi connectivity index (χ0n) is 21.5. The lowest BCUT2D eigenvalue weighted by Gasteiger charge is -2.34. The zero-order valence-corrected chi connectivity index (χ0v) is 23.2. The Morgan fingerprint density at radius 3 is 2.55 bits per heavy atom. The van der Waals surface area contributed by atoms with E-state index < -0.39 is 0 Å². The van der Waals surface area contributed by atoms with Crippen LogP contribution in [0.25, 0.3) is 11.7 Å². The molecule has 2 saturated heterocycles. The van der Waals surface area contributed by atoms with E-state index in [9.17, 15) is 9.59 Å². The van der Waals surface area contributed by atoms with E-state index in [1.165, 1.54) is 16.2 Å². The number of rotatable bonds is 7. The third kappa shape index (κ3) is 5.13. The first-order valence-electron chi connectivity index (χ1n) is 12.3. The molecule has 0 atom stereocenters. The van der Waals surface area contributed by atoms with Crippen molar-refractivity contribution >= 4 is 51.7 Å². The van der Waals surface area contributed by atoms with E-state index in [-0.39, 0.29) is 11.5 Å². The van der Waals surface area contributed by atoms with Crippen LogP contribution in [0, 0.1) is 0 Å². The fourth-order valence-electron chi connectivity index (χ4n) is 4.58. The minimum atomic E-state index is -0.208. The monoisotopic (exact) mass is 551 g/mol. The number of methoxy groups -OCH3 is 2. The van der Waals surface area contributed by atoms with Gasteiger partial charge in [0.2, 0.25) is 0 Å². The normalized spacial score (nSPS) is 17.6. The third-order valence-corrected chi connectivity index (χ3v) is 8.15. The Labute approximate surface area is 230 Å². The average molecular weight is 552 g/mol. The van der Waals surface area contributed by atoms with Crippen LogP contribution in [0.1, 0.15) is 11.1 Å². The highest BCUT2D eigenvalue weighted by atomic mass is 32.2. The molecule has 5 rings (SSSR count). The SMILES string of the molecule is COc1ccc(CCN2C(=O)C(=Cc3c(N4CCN(C)CC4)nc4ccccn4c3=O)SC2=S)cc1OC. The summed E-state index contributed by atoms with van der Waals surface area (Å²) in [4.78, 5) is 38.2. The Balaban J connectivity index is 1.44. The molecule has 9 nitrogen and oxygen atoms in total. The summed E-state index contributed by atoms with van der Waals surface area (Å²) in [5, 5.41) is 0. The quantitative estimate of drug-likeness (QED) is 0.325. The fourth-order valence-corrected chi connectivity index (χ4v) is 5.87. The summed E-state index contributed by atoms with van der Waals surface area (Å²) >= 11 is 6.78. The highest BCUT2D eigenvalue weighted by Crippen LogP contribution is 2.34. The van der Waals surface area contributed by atoms with E-state index in [0.29, 0.717) is 50.7 Å². The molecule has 0 N–H and O–H groups in total. The molecule has 2 aliphatic heterocycles. The maximum absolute atomic E-state index is 13.6. The van der Waals surface area contributed by atoms with Gasteiger partial charge in [-0.15, -0.1) is 0 Å². The van der Waals surface area contributed by atoms with Crippen molar-refractivity contribution in [3.8, 4) is 11.5 Å². The maximum Gasteiger partial charge on any atom is 0.267 e. The molecule has 4 heterocycles. The van der Waals surface area contributed by atoms with Gasteiger partial charge >= 0.3 is 0 Å². The van der Waals surface area contributed by atoms with Gasteiger partial charge in [0.15, 0.2) is 11.5 Å². The number of amides is 1. The van der Waals surface area contributed by atoms with Gasteiger partial charge < -0.3 is 19.3 Å². The van der Waals surface area contributed by atoms with Gasteiger partial charge in [-0.1, -0.05) is 36.1 Å². The van der Waals surface area contributed by atoms with Gasteiger partial charge in [0.25, 0.3) is 11.5 Å². The van der Waals surface area contributed by atoms with Gasteiger partial charge in [0.1, 0.15) is 15.8 Å². The minimum absolute atomic E-state index is 0.206. The number of benzene rings is 1. The van der Waals surface area contributed by atoms with E-state index in [0.717, 1.165) is 31.7 Å². The summed E-state index contributed by atoms with van der Waals surface area (Å²) < 4.78 is 12.7. The number of thiocarbonyl (C=S) groups is 1. The van der Waals surface area contributed by atoms with E-state index in [1.807, 2.05) is 30.3 Å². The molecule has 2 aromatic heterocycles. The standard InChI is InChI=1S/C27H29N5O4S2/c1-29-12-14-30(15-13-29)24-19(25(33)31-10-5-4-6-23(31)28-24)17-22-26(34)32(27(37)38-22)11-9-18-7-8-20(35-2)21(16-18)36-3/h4-8,10,16-17H,9,11-15H2,1-3H3. The molecule has 0 spiro atoms. The molecule has 0 radical (unpaired) electrons. The van der Waals surface area contributed by atoms with Crippen LogP contribution >= 0.6 is 24.0 Å². The van der Waals surface area contributed by atoms with Crippen LogP contribution in [0.15, 0.2) is 52.3 Å². The van der Waals surface area contributed by atoms with Crippen LogP contribution in [0.5, 0.6) is 11.5 Å². The summed E-state index contributed by atoms with van der Waals surface area (Å²) in [5.74, 6) is 1.68.